The molecule has 16 heavy (non-hydrogen) atoms. The molecule has 94 valence electrons. The van der Waals surface area contributed by atoms with Gasteiger partial charge in [-0.2, -0.15) is 0 Å². The minimum Gasteiger partial charge on any atom is -0.395 e. The maximum Gasteiger partial charge on any atom is 0.311 e. The molecule has 0 atom stereocenters. The lowest BCUT2D eigenvalue weighted by Crippen LogP contribution is -2.45. The fourth-order valence-corrected chi connectivity index (χ4v) is 1.19. The quantitative estimate of drug-likeness (QED) is 0.474. The number of rotatable bonds is 7. The smallest absolute Gasteiger partial charge is 0.311 e. The van der Waals surface area contributed by atoms with Crippen molar-refractivity contribution in [1.82, 2.24) is 10.2 Å². The van der Waals surface area contributed by atoms with E-state index in [0.29, 0.717) is 13.1 Å². The van der Waals surface area contributed by atoms with E-state index in [1.54, 1.807) is 0 Å². The fraction of sp³-hybridized carbons (Fsp3) is 0.800. The van der Waals surface area contributed by atoms with Gasteiger partial charge in [-0.05, 0) is 6.42 Å². The molecule has 0 rings (SSSR count). The summed E-state index contributed by atoms with van der Waals surface area (Å²) in [5, 5.41) is 11.2. The monoisotopic (exact) mass is 231 g/mol. The Balaban J connectivity index is 4.18. The van der Waals surface area contributed by atoms with Gasteiger partial charge in [-0.3, -0.25) is 9.59 Å². The van der Waals surface area contributed by atoms with Gasteiger partial charge in [0.05, 0.1) is 6.61 Å². The summed E-state index contributed by atoms with van der Waals surface area (Å²) >= 11 is 0. The topological polar surface area (TPSA) is 95.7 Å². The summed E-state index contributed by atoms with van der Waals surface area (Å²) in [5.41, 5.74) is 5.21. The molecule has 0 radical (unpaired) electrons. The van der Waals surface area contributed by atoms with E-state index in [4.69, 9.17) is 10.8 Å². The van der Waals surface area contributed by atoms with Gasteiger partial charge in [0.25, 0.3) is 0 Å². The summed E-state index contributed by atoms with van der Waals surface area (Å²) in [7, 11) is 0. The van der Waals surface area contributed by atoms with Crippen LogP contribution >= 0.6 is 0 Å². The molecule has 0 heterocycles. The molecule has 0 unspecified atom stereocenters. The number of hydrogen-bond acceptors (Lipinski definition) is 4. The number of aliphatic hydroxyl groups excluding tert-OH is 1. The van der Waals surface area contributed by atoms with Crippen molar-refractivity contribution in [1.29, 1.82) is 0 Å². The Morgan fingerprint density at radius 1 is 1.38 bits per heavy atom. The minimum atomic E-state index is -0.657. The molecule has 2 amide bonds. The second-order valence-corrected chi connectivity index (χ2v) is 3.41. The van der Waals surface area contributed by atoms with Gasteiger partial charge >= 0.3 is 11.8 Å². The van der Waals surface area contributed by atoms with Crippen LogP contribution in [0.25, 0.3) is 0 Å². The summed E-state index contributed by atoms with van der Waals surface area (Å²) < 4.78 is 0. The molecule has 6 nitrogen and oxygen atoms in total. The Morgan fingerprint density at radius 2 is 2.06 bits per heavy atom. The highest BCUT2D eigenvalue weighted by atomic mass is 16.3. The lowest BCUT2D eigenvalue weighted by Gasteiger charge is -2.20. The van der Waals surface area contributed by atoms with Crippen molar-refractivity contribution in [3.63, 3.8) is 0 Å². The van der Waals surface area contributed by atoms with Crippen LogP contribution in [-0.4, -0.2) is 54.6 Å². The third kappa shape index (κ3) is 5.67. The largest absolute Gasteiger partial charge is 0.395 e. The molecule has 0 aromatic rings. The van der Waals surface area contributed by atoms with E-state index in [9.17, 15) is 9.59 Å². The Labute approximate surface area is 95.8 Å². The summed E-state index contributed by atoms with van der Waals surface area (Å²) in [6, 6.07) is 0. The summed E-state index contributed by atoms with van der Waals surface area (Å²) in [6.07, 6.45) is 1.75. The highest BCUT2D eigenvalue weighted by Crippen LogP contribution is 1.96. The number of hydrogen-bond donors (Lipinski definition) is 3. The van der Waals surface area contributed by atoms with Gasteiger partial charge in [0.1, 0.15) is 0 Å². The molecule has 4 N–H and O–H groups in total. The highest BCUT2D eigenvalue weighted by Gasteiger charge is 2.20. The predicted octanol–water partition coefficient (Wildman–Crippen LogP) is -1.32. The summed E-state index contributed by atoms with van der Waals surface area (Å²) in [4.78, 5) is 24.3. The highest BCUT2D eigenvalue weighted by molar-refractivity contribution is 6.35. The molecule has 0 fully saturated rings. The number of nitrogens with zero attached hydrogens (tertiary/aromatic N) is 1. The normalized spacial score (nSPS) is 9.94. The maximum atomic E-state index is 11.6. The van der Waals surface area contributed by atoms with Gasteiger partial charge in [-0.25, -0.2) is 0 Å². The van der Waals surface area contributed by atoms with Crippen LogP contribution in [0.2, 0.25) is 0 Å². The Kier molecular flexibility index (Phi) is 8.46. The van der Waals surface area contributed by atoms with Crippen LogP contribution in [0, 0.1) is 0 Å². The zero-order valence-corrected chi connectivity index (χ0v) is 9.74. The molecular formula is C10H21N3O3. The maximum absolute atomic E-state index is 11.6. The first-order valence-corrected chi connectivity index (χ1v) is 5.55. The van der Waals surface area contributed by atoms with Crippen molar-refractivity contribution in [2.75, 3.05) is 32.8 Å². The Bertz CT molecular complexity index is 221. The van der Waals surface area contributed by atoms with Crippen LogP contribution in [0.4, 0.5) is 0 Å². The zero-order chi connectivity index (χ0) is 12.4. The van der Waals surface area contributed by atoms with Gasteiger partial charge in [0, 0.05) is 26.2 Å². The minimum absolute atomic E-state index is 0.139. The molecule has 0 aromatic heterocycles. The van der Waals surface area contributed by atoms with Crippen LogP contribution in [-0.2, 0) is 9.59 Å². The van der Waals surface area contributed by atoms with Crippen LogP contribution in [0.1, 0.15) is 19.8 Å². The van der Waals surface area contributed by atoms with Crippen molar-refractivity contribution in [3.8, 4) is 0 Å². The van der Waals surface area contributed by atoms with Crippen LogP contribution < -0.4 is 11.1 Å². The number of nitrogens with two attached hydrogens (primary N) is 1. The number of amides is 2. The number of unbranched alkanes of at least 4 members (excludes halogenated alkanes) is 1. The van der Waals surface area contributed by atoms with Crippen molar-refractivity contribution in [3.05, 3.63) is 0 Å². The SMILES string of the molecule is CCCCN(CCO)C(=O)C(=O)NCCN. The molecule has 0 spiro atoms. The second kappa shape index (κ2) is 9.11. The van der Waals surface area contributed by atoms with Crippen molar-refractivity contribution in [2.24, 2.45) is 5.73 Å². The fourth-order valence-electron chi connectivity index (χ4n) is 1.19. The van der Waals surface area contributed by atoms with Crippen LogP contribution in [0.5, 0.6) is 0 Å². The third-order valence-electron chi connectivity index (χ3n) is 2.06. The van der Waals surface area contributed by atoms with E-state index in [1.807, 2.05) is 6.92 Å². The summed E-state index contributed by atoms with van der Waals surface area (Å²) in [5.74, 6) is -1.26. The standard InChI is InChI=1S/C10H21N3O3/c1-2-3-6-13(7-8-14)10(16)9(15)12-5-4-11/h14H,2-8,11H2,1H3,(H,12,15). The van der Waals surface area contributed by atoms with E-state index in [2.05, 4.69) is 5.32 Å². The van der Waals surface area contributed by atoms with E-state index in [-0.39, 0.29) is 19.7 Å². The van der Waals surface area contributed by atoms with Gasteiger partial charge in [-0.1, -0.05) is 13.3 Å². The first-order chi connectivity index (χ1) is 7.67. The predicted molar refractivity (Wildman–Crippen MR) is 60.6 cm³/mol. The first-order valence-electron chi connectivity index (χ1n) is 5.55. The molecule has 0 saturated carbocycles. The second-order valence-electron chi connectivity index (χ2n) is 3.41. The lowest BCUT2D eigenvalue weighted by atomic mass is 10.3. The number of aliphatic hydroxyl groups is 1. The third-order valence-corrected chi connectivity index (χ3v) is 2.06. The summed E-state index contributed by atoms with van der Waals surface area (Å²) in [6.45, 7) is 3.12. The molecule has 0 aliphatic heterocycles. The van der Waals surface area contributed by atoms with Gasteiger partial charge < -0.3 is 21.1 Å². The van der Waals surface area contributed by atoms with Crippen LogP contribution in [0.3, 0.4) is 0 Å². The number of carbonyl (C=O) groups excluding carboxylic acids is 2. The molecule has 6 heteroatoms. The van der Waals surface area contributed by atoms with E-state index < -0.39 is 11.8 Å². The molecular weight excluding hydrogens is 210 g/mol. The number of carbonyl (C=O) groups is 2. The van der Waals surface area contributed by atoms with E-state index >= 15 is 0 Å². The molecule has 0 aromatic carbocycles. The van der Waals surface area contributed by atoms with Crippen molar-refractivity contribution < 1.29 is 14.7 Å². The zero-order valence-electron chi connectivity index (χ0n) is 9.74. The Hall–Kier alpha value is -1.14. The van der Waals surface area contributed by atoms with Gasteiger partial charge in [-0.15, -0.1) is 0 Å². The average molecular weight is 231 g/mol. The average Bonchev–Trinajstić information content (AvgIpc) is 2.30. The van der Waals surface area contributed by atoms with E-state index in [0.717, 1.165) is 12.8 Å². The van der Waals surface area contributed by atoms with Gasteiger partial charge in [0.2, 0.25) is 0 Å². The van der Waals surface area contributed by atoms with E-state index in [1.165, 1.54) is 4.90 Å². The Morgan fingerprint density at radius 3 is 2.56 bits per heavy atom. The molecule has 0 bridgehead atoms. The molecule has 0 aliphatic rings. The van der Waals surface area contributed by atoms with Gasteiger partial charge in [0.15, 0.2) is 0 Å². The first kappa shape index (κ1) is 14.9. The molecule has 0 aliphatic carbocycles. The molecule has 0 saturated heterocycles. The van der Waals surface area contributed by atoms with Crippen molar-refractivity contribution >= 4 is 11.8 Å². The van der Waals surface area contributed by atoms with Crippen LogP contribution in [0.15, 0.2) is 0 Å². The van der Waals surface area contributed by atoms with Crippen molar-refractivity contribution in [2.45, 2.75) is 19.8 Å². The number of nitrogens with one attached hydrogen (secondary N) is 1. The lowest BCUT2D eigenvalue weighted by molar-refractivity contribution is -0.146.